The highest BCUT2D eigenvalue weighted by Gasteiger charge is 2.26. The summed E-state index contributed by atoms with van der Waals surface area (Å²) in [5.74, 6) is -0.169. The molecule has 0 unspecified atom stereocenters. The predicted octanol–water partition coefficient (Wildman–Crippen LogP) is 4.26. The molecule has 2 amide bonds. The van der Waals surface area contributed by atoms with E-state index in [0.717, 1.165) is 6.21 Å². The Bertz CT molecular complexity index is 970. The molecule has 0 radical (unpaired) electrons. The minimum Gasteiger partial charge on any atom is -0.457 e. The molecule has 0 saturated carbocycles. The minimum atomic E-state index is -0.581. The van der Waals surface area contributed by atoms with E-state index in [1.54, 1.807) is 37.3 Å². The van der Waals surface area contributed by atoms with Crippen LogP contribution in [0.4, 0.5) is 0 Å². The monoisotopic (exact) mass is 374 g/mol. The van der Waals surface area contributed by atoms with E-state index in [1.807, 2.05) is 0 Å². The molecule has 2 heterocycles. The van der Waals surface area contributed by atoms with Crippen molar-refractivity contribution in [1.82, 2.24) is 5.32 Å². The van der Waals surface area contributed by atoms with E-state index in [9.17, 15) is 9.59 Å². The number of carbonyl (C=O) groups is 2. The van der Waals surface area contributed by atoms with Crippen LogP contribution in [0.1, 0.15) is 12.7 Å². The Labute approximate surface area is 153 Å². The van der Waals surface area contributed by atoms with Gasteiger partial charge in [-0.1, -0.05) is 23.2 Å². The van der Waals surface area contributed by atoms with Crippen LogP contribution in [0.15, 0.2) is 51.5 Å². The Balaban J connectivity index is 2.01. The molecule has 0 aliphatic carbocycles. The molecule has 1 aliphatic heterocycles. The average Bonchev–Trinajstić information content (AvgIpc) is 3.00. The largest absolute Gasteiger partial charge is 0.457 e. The number of furan rings is 1. The van der Waals surface area contributed by atoms with Gasteiger partial charge in [0, 0.05) is 22.4 Å². The van der Waals surface area contributed by atoms with Gasteiger partial charge < -0.3 is 9.83 Å². The van der Waals surface area contributed by atoms with Gasteiger partial charge in [0.1, 0.15) is 11.5 Å². The van der Waals surface area contributed by atoms with Crippen molar-refractivity contribution in [3.8, 4) is 11.3 Å². The molecule has 3 rings (SSSR count). The minimum absolute atomic E-state index is 0.137. The number of hydrogen-bond donors (Lipinski definition) is 2. The Morgan fingerprint density at radius 2 is 1.88 bits per heavy atom. The number of amides is 2. The SMILES string of the molecule is CC1=C(C=N)C(=O)NC(=O)/C1=C\c1ccc(-c2ccc(Cl)cc2Cl)o1. The van der Waals surface area contributed by atoms with Crippen LogP contribution in [-0.2, 0) is 9.59 Å². The fourth-order valence-corrected chi connectivity index (χ4v) is 2.98. The summed E-state index contributed by atoms with van der Waals surface area (Å²) >= 11 is 12.1. The molecular weight excluding hydrogens is 363 g/mol. The van der Waals surface area contributed by atoms with Crippen LogP contribution >= 0.6 is 23.2 Å². The van der Waals surface area contributed by atoms with E-state index in [0.29, 0.717) is 32.7 Å². The summed E-state index contributed by atoms with van der Waals surface area (Å²) < 4.78 is 5.74. The van der Waals surface area contributed by atoms with E-state index >= 15 is 0 Å². The van der Waals surface area contributed by atoms with Gasteiger partial charge >= 0.3 is 0 Å². The molecule has 5 nitrogen and oxygen atoms in total. The topological polar surface area (TPSA) is 83.2 Å². The highest BCUT2D eigenvalue weighted by molar-refractivity contribution is 6.36. The smallest absolute Gasteiger partial charge is 0.259 e. The van der Waals surface area contributed by atoms with Gasteiger partial charge in [0.15, 0.2) is 0 Å². The van der Waals surface area contributed by atoms with Gasteiger partial charge in [-0.05, 0) is 48.9 Å². The summed E-state index contributed by atoms with van der Waals surface area (Å²) in [5, 5.41) is 10.5. The zero-order valence-corrected chi connectivity index (χ0v) is 14.5. The molecule has 2 aromatic rings. The maximum absolute atomic E-state index is 12.1. The molecule has 0 saturated heterocycles. The summed E-state index contributed by atoms with van der Waals surface area (Å²) in [6.45, 7) is 1.61. The van der Waals surface area contributed by atoms with Gasteiger partial charge in [0.25, 0.3) is 11.8 Å². The van der Waals surface area contributed by atoms with Crippen molar-refractivity contribution in [2.45, 2.75) is 6.92 Å². The van der Waals surface area contributed by atoms with Crippen LogP contribution in [0.3, 0.4) is 0 Å². The van der Waals surface area contributed by atoms with Crippen LogP contribution in [0.2, 0.25) is 10.0 Å². The third-order valence-electron chi connectivity index (χ3n) is 3.78. The highest BCUT2D eigenvalue weighted by atomic mass is 35.5. The van der Waals surface area contributed by atoms with Crippen molar-refractivity contribution >= 4 is 47.3 Å². The lowest BCUT2D eigenvalue weighted by Crippen LogP contribution is -2.38. The first-order valence-corrected chi connectivity index (χ1v) is 8.00. The molecule has 0 atom stereocenters. The van der Waals surface area contributed by atoms with E-state index in [4.69, 9.17) is 33.0 Å². The molecule has 126 valence electrons. The van der Waals surface area contributed by atoms with Crippen molar-refractivity contribution in [1.29, 1.82) is 5.41 Å². The molecule has 0 fully saturated rings. The van der Waals surface area contributed by atoms with Crippen LogP contribution in [0, 0.1) is 5.41 Å². The van der Waals surface area contributed by atoms with Gasteiger partial charge in [0.05, 0.1) is 10.6 Å². The fraction of sp³-hybridized carbons (Fsp3) is 0.0556. The zero-order chi connectivity index (χ0) is 18.1. The van der Waals surface area contributed by atoms with Crippen molar-refractivity contribution in [2.24, 2.45) is 0 Å². The van der Waals surface area contributed by atoms with E-state index in [1.165, 1.54) is 6.08 Å². The lowest BCUT2D eigenvalue weighted by Gasteiger charge is -2.16. The number of rotatable bonds is 3. The van der Waals surface area contributed by atoms with E-state index in [-0.39, 0.29) is 11.1 Å². The first kappa shape index (κ1) is 17.2. The van der Waals surface area contributed by atoms with Crippen LogP contribution < -0.4 is 5.32 Å². The summed E-state index contributed by atoms with van der Waals surface area (Å²) in [6.07, 6.45) is 2.44. The molecule has 1 aromatic carbocycles. The van der Waals surface area contributed by atoms with E-state index in [2.05, 4.69) is 5.32 Å². The summed E-state index contributed by atoms with van der Waals surface area (Å²) in [6, 6.07) is 8.47. The lowest BCUT2D eigenvalue weighted by molar-refractivity contribution is -0.126. The normalized spacial score (nSPS) is 16.4. The Morgan fingerprint density at radius 1 is 1.12 bits per heavy atom. The van der Waals surface area contributed by atoms with Crippen molar-refractivity contribution < 1.29 is 14.0 Å². The standard InChI is InChI=1S/C18H12Cl2N2O3/c1-9-13(17(23)22-18(24)14(9)8-21)7-11-3-5-16(25-11)12-4-2-10(19)6-15(12)20/h2-8,21H,1H3,(H,22,23,24)/b13-7-,21-8?. The second-order valence-corrected chi connectivity index (χ2v) is 6.19. The van der Waals surface area contributed by atoms with Crippen LogP contribution in [0.25, 0.3) is 17.4 Å². The van der Waals surface area contributed by atoms with Gasteiger partial charge in [-0.25, -0.2) is 0 Å². The van der Waals surface area contributed by atoms with Gasteiger partial charge in [-0.2, -0.15) is 0 Å². The average molecular weight is 375 g/mol. The molecule has 7 heteroatoms. The van der Waals surface area contributed by atoms with Crippen molar-refractivity contribution in [3.05, 3.63) is 62.9 Å². The highest BCUT2D eigenvalue weighted by Crippen LogP contribution is 2.32. The Morgan fingerprint density at radius 3 is 2.56 bits per heavy atom. The molecule has 0 spiro atoms. The molecule has 2 N–H and O–H groups in total. The number of nitrogens with one attached hydrogen (secondary N) is 2. The first-order chi connectivity index (χ1) is 11.9. The number of benzene rings is 1. The van der Waals surface area contributed by atoms with Crippen LogP contribution in [-0.4, -0.2) is 18.0 Å². The quantitative estimate of drug-likeness (QED) is 0.478. The Kier molecular flexibility index (Phi) is 4.61. The van der Waals surface area contributed by atoms with Gasteiger partial charge in [0.2, 0.25) is 0 Å². The molecule has 1 aromatic heterocycles. The van der Waals surface area contributed by atoms with Crippen molar-refractivity contribution in [3.63, 3.8) is 0 Å². The van der Waals surface area contributed by atoms with Crippen molar-refractivity contribution in [2.75, 3.05) is 0 Å². The summed E-state index contributed by atoms with van der Waals surface area (Å²) in [7, 11) is 0. The number of halogens is 2. The third-order valence-corrected chi connectivity index (χ3v) is 4.33. The molecule has 25 heavy (non-hydrogen) atoms. The third kappa shape index (κ3) is 3.29. The second-order valence-electron chi connectivity index (χ2n) is 5.35. The zero-order valence-electron chi connectivity index (χ0n) is 13.0. The number of hydrogen-bond acceptors (Lipinski definition) is 4. The number of carbonyl (C=O) groups excluding carboxylic acids is 2. The van der Waals surface area contributed by atoms with E-state index < -0.39 is 11.8 Å². The molecular formula is C18H12Cl2N2O3. The second kappa shape index (κ2) is 6.70. The molecule has 1 aliphatic rings. The lowest BCUT2D eigenvalue weighted by atomic mass is 9.96. The maximum atomic E-state index is 12.1. The summed E-state index contributed by atoms with van der Waals surface area (Å²) in [5.41, 5.74) is 1.50. The van der Waals surface area contributed by atoms with Gasteiger partial charge in [-0.3, -0.25) is 14.9 Å². The fourth-order valence-electron chi connectivity index (χ4n) is 2.48. The summed E-state index contributed by atoms with van der Waals surface area (Å²) in [4.78, 5) is 23.7. The van der Waals surface area contributed by atoms with Gasteiger partial charge in [-0.15, -0.1) is 0 Å². The predicted molar refractivity (Wildman–Crippen MR) is 96.8 cm³/mol. The van der Waals surface area contributed by atoms with Crippen LogP contribution in [0.5, 0.6) is 0 Å². The Hall–Kier alpha value is -2.63. The molecule has 0 bridgehead atoms. The number of imide groups is 1. The first-order valence-electron chi connectivity index (χ1n) is 7.25. The maximum Gasteiger partial charge on any atom is 0.259 e.